The lowest BCUT2D eigenvalue weighted by Gasteiger charge is -2.12. The first-order valence-corrected chi connectivity index (χ1v) is 8.57. The summed E-state index contributed by atoms with van der Waals surface area (Å²) in [4.78, 5) is 11.3. The number of carbonyl (C=O) groups excluding carboxylic acids is 1. The SMILES string of the molecule is COC(=O)c1ccccc1S(=O)(=O)NCc1ccc(C(F)(F)F)cc1F. The van der Waals surface area contributed by atoms with Gasteiger partial charge < -0.3 is 4.74 Å². The first-order chi connectivity index (χ1) is 12.1. The maximum absolute atomic E-state index is 13.8. The zero-order chi connectivity index (χ0) is 19.5. The van der Waals surface area contributed by atoms with Crippen molar-refractivity contribution >= 4 is 16.0 Å². The number of carbonyl (C=O) groups is 1. The second-order valence-corrected chi connectivity index (χ2v) is 6.85. The normalized spacial score (nSPS) is 12.0. The minimum Gasteiger partial charge on any atom is -0.465 e. The van der Waals surface area contributed by atoms with Crippen LogP contribution in [0.3, 0.4) is 0 Å². The van der Waals surface area contributed by atoms with Crippen molar-refractivity contribution in [2.24, 2.45) is 0 Å². The van der Waals surface area contributed by atoms with E-state index >= 15 is 0 Å². The molecule has 0 amide bonds. The molecule has 140 valence electrons. The molecular formula is C16H13F4NO4S. The molecule has 2 aromatic carbocycles. The van der Waals surface area contributed by atoms with Gasteiger partial charge in [-0.1, -0.05) is 18.2 Å². The van der Waals surface area contributed by atoms with E-state index in [-0.39, 0.29) is 22.1 Å². The predicted octanol–water partition coefficient (Wildman–Crippen LogP) is 3.11. The van der Waals surface area contributed by atoms with Gasteiger partial charge in [-0.05, 0) is 24.3 Å². The van der Waals surface area contributed by atoms with E-state index in [4.69, 9.17) is 0 Å². The molecule has 26 heavy (non-hydrogen) atoms. The van der Waals surface area contributed by atoms with Crippen molar-refractivity contribution < 1.29 is 35.5 Å². The number of alkyl halides is 3. The highest BCUT2D eigenvalue weighted by Gasteiger charge is 2.31. The number of benzene rings is 2. The number of hydrogen-bond donors (Lipinski definition) is 1. The number of rotatable bonds is 5. The summed E-state index contributed by atoms with van der Waals surface area (Å²) in [7, 11) is -3.16. The molecule has 2 aromatic rings. The Morgan fingerprint density at radius 3 is 2.38 bits per heavy atom. The molecule has 0 saturated carbocycles. The van der Waals surface area contributed by atoms with E-state index in [0.29, 0.717) is 6.07 Å². The van der Waals surface area contributed by atoms with Crippen LogP contribution >= 0.6 is 0 Å². The van der Waals surface area contributed by atoms with Gasteiger partial charge in [-0.15, -0.1) is 0 Å². The van der Waals surface area contributed by atoms with E-state index in [2.05, 4.69) is 9.46 Å². The molecule has 0 atom stereocenters. The van der Waals surface area contributed by atoms with Crippen LogP contribution in [0.5, 0.6) is 0 Å². The Hall–Kier alpha value is -2.46. The molecule has 0 aliphatic heterocycles. The molecule has 0 unspecified atom stereocenters. The summed E-state index contributed by atoms with van der Waals surface area (Å²) in [5.41, 5.74) is -1.69. The summed E-state index contributed by atoms with van der Waals surface area (Å²) in [6.45, 7) is -0.595. The first-order valence-electron chi connectivity index (χ1n) is 7.09. The number of esters is 1. The molecule has 10 heteroatoms. The van der Waals surface area contributed by atoms with Crippen molar-refractivity contribution in [3.63, 3.8) is 0 Å². The second-order valence-electron chi connectivity index (χ2n) is 5.12. The van der Waals surface area contributed by atoms with Gasteiger partial charge in [0.15, 0.2) is 0 Å². The molecule has 0 heterocycles. The third-order valence-corrected chi connectivity index (χ3v) is 4.87. The molecule has 0 aliphatic rings. The van der Waals surface area contributed by atoms with Gasteiger partial charge in [0.1, 0.15) is 5.82 Å². The van der Waals surface area contributed by atoms with Crippen LogP contribution in [-0.4, -0.2) is 21.5 Å². The average molecular weight is 391 g/mol. The van der Waals surface area contributed by atoms with Crippen LogP contribution in [0.2, 0.25) is 0 Å². The standard InChI is InChI=1S/C16H13F4NO4S/c1-25-15(22)12-4-2-3-5-14(12)26(23,24)21-9-10-6-7-11(8-13(10)17)16(18,19)20/h2-8,21H,9H2,1H3. The van der Waals surface area contributed by atoms with Gasteiger partial charge in [-0.2, -0.15) is 13.2 Å². The lowest BCUT2D eigenvalue weighted by Crippen LogP contribution is -2.26. The zero-order valence-electron chi connectivity index (χ0n) is 13.3. The van der Waals surface area contributed by atoms with Crippen LogP contribution < -0.4 is 4.72 Å². The summed E-state index contributed by atoms with van der Waals surface area (Å²) in [6, 6.07) is 6.96. The second kappa shape index (κ2) is 7.42. The maximum atomic E-state index is 13.8. The minimum absolute atomic E-state index is 0.226. The molecular weight excluding hydrogens is 378 g/mol. The first kappa shape index (κ1) is 19.9. The maximum Gasteiger partial charge on any atom is 0.416 e. The van der Waals surface area contributed by atoms with Gasteiger partial charge in [0.05, 0.1) is 23.1 Å². The Labute approximate surface area is 146 Å². The minimum atomic E-state index is -4.71. The van der Waals surface area contributed by atoms with E-state index in [1.807, 2.05) is 0 Å². The van der Waals surface area contributed by atoms with Crippen LogP contribution in [-0.2, 0) is 27.5 Å². The Morgan fingerprint density at radius 2 is 1.81 bits per heavy atom. The molecule has 0 aromatic heterocycles. The van der Waals surface area contributed by atoms with E-state index < -0.39 is 40.1 Å². The summed E-state index contributed by atoms with van der Waals surface area (Å²) in [5.74, 6) is -2.09. The molecule has 1 N–H and O–H groups in total. The number of hydrogen-bond acceptors (Lipinski definition) is 4. The van der Waals surface area contributed by atoms with Gasteiger partial charge >= 0.3 is 12.1 Å². The monoisotopic (exact) mass is 391 g/mol. The van der Waals surface area contributed by atoms with E-state index in [0.717, 1.165) is 19.2 Å². The highest BCUT2D eigenvalue weighted by molar-refractivity contribution is 7.89. The Kier molecular flexibility index (Phi) is 5.67. The molecule has 2 rings (SSSR count). The van der Waals surface area contributed by atoms with Crippen LogP contribution in [0.25, 0.3) is 0 Å². The molecule has 0 aliphatic carbocycles. The fourth-order valence-corrected chi connectivity index (χ4v) is 3.30. The topological polar surface area (TPSA) is 72.5 Å². The van der Waals surface area contributed by atoms with Crippen LogP contribution in [0.1, 0.15) is 21.5 Å². The van der Waals surface area contributed by atoms with E-state index in [1.54, 1.807) is 0 Å². The highest BCUT2D eigenvalue weighted by Crippen LogP contribution is 2.30. The van der Waals surface area contributed by atoms with Gasteiger partial charge in [0, 0.05) is 12.1 Å². The molecule has 0 saturated heterocycles. The van der Waals surface area contributed by atoms with Gasteiger partial charge in [0.2, 0.25) is 10.0 Å². The summed E-state index contributed by atoms with van der Waals surface area (Å²) in [6.07, 6.45) is -4.71. The summed E-state index contributed by atoms with van der Waals surface area (Å²) < 4.78 is 82.7. The van der Waals surface area contributed by atoms with Gasteiger partial charge in [0.25, 0.3) is 0 Å². The number of methoxy groups -OCH3 is 1. The number of halogens is 4. The third kappa shape index (κ3) is 4.38. The third-order valence-electron chi connectivity index (χ3n) is 3.41. The zero-order valence-corrected chi connectivity index (χ0v) is 14.1. The number of nitrogens with one attached hydrogen (secondary N) is 1. The molecule has 0 radical (unpaired) electrons. The fourth-order valence-electron chi connectivity index (χ4n) is 2.10. The van der Waals surface area contributed by atoms with Crippen molar-refractivity contribution in [2.75, 3.05) is 7.11 Å². The van der Waals surface area contributed by atoms with Crippen molar-refractivity contribution in [3.8, 4) is 0 Å². The Morgan fingerprint density at radius 1 is 1.15 bits per heavy atom. The highest BCUT2D eigenvalue weighted by atomic mass is 32.2. The van der Waals surface area contributed by atoms with Gasteiger partial charge in [-0.3, -0.25) is 0 Å². The molecule has 0 bridgehead atoms. The Bertz CT molecular complexity index is 926. The summed E-state index contributed by atoms with van der Waals surface area (Å²) >= 11 is 0. The quantitative estimate of drug-likeness (QED) is 0.628. The molecule has 5 nitrogen and oxygen atoms in total. The largest absolute Gasteiger partial charge is 0.465 e. The lowest BCUT2D eigenvalue weighted by molar-refractivity contribution is -0.137. The van der Waals surface area contributed by atoms with Crippen LogP contribution in [0, 0.1) is 5.82 Å². The Balaban J connectivity index is 2.26. The number of ether oxygens (including phenoxy) is 1. The average Bonchev–Trinajstić information content (AvgIpc) is 2.59. The van der Waals surface area contributed by atoms with Crippen molar-refractivity contribution in [2.45, 2.75) is 17.6 Å². The lowest BCUT2D eigenvalue weighted by atomic mass is 10.1. The van der Waals surface area contributed by atoms with Crippen LogP contribution in [0.4, 0.5) is 17.6 Å². The fraction of sp³-hybridized carbons (Fsp3) is 0.188. The smallest absolute Gasteiger partial charge is 0.416 e. The van der Waals surface area contributed by atoms with Crippen molar-refractivity contribution in [3.05, 3.63) is 65.0 Å². The van der Waals surface area contributed by atoms with E-state index in [1.165, 1.54) is 18.2 Å². The van der Waals surface area contributed by atoms with Crippen molar-refractivity contribution in [1.82, 2.24) is 4.72 Å². The summed E-state index contributed by atoms with van der Waals surface area (Å²) in [5, 5.41) is 0. The van der Waals surface area contributed by atoms with Crippen molar-refractivity contribution in [1.29, 1.82) is 0 Å². The number of sulfonamides is 1. The predicted molar refractivity (Wildman–Crippen MR) is 83.2 cm³/mol. The van der Waals surface area contributed by atoms with E-state index in [9.17, 15) is 30.8 Å². The van der Waals surface area contributed by atoms with Crippen LogP contribution in [0.15, 0.2) is 47.4 Å². The molecule has 0 fully saturated rings. The van der Waals surface area contributed by atoms with Gasteiger partial charge in [-0.25, -0.2) is 22.3 Å². The molecule has 0 spiro atoms.